The molecule has 1 saturated heterocycles. The first kappa shape index (κ1) is 15.5. The lowest BCUT2D eigenvalue weighted by atomic mass is 9.80. The van der Waals surface area contributed by atoms with Crippen LogP contribution in [-0.4, -0.2) is 34.3 Å². The van der Waals surface area contributed by atoms with Gasteiger partial charge in [-0.25, -0.2) is 0 Å². The highest BCUT2D eigenvalue weighted by Gasteiger charge is 2.34. The number of nitrogens with zero attached hydrogens (tertiary/aromatic N) is 4. The molecular weight excluding hydrogens is 266 g/mol. The van der Waals surface area contributed by atoms with Gasteiger partial charge in [-0.1, -0.05) is 25.9 Å². The maximum absolute atomic E-state index is 9.05. The van der Waals surface area contributed by atoms with Crippen LogP contribution in [0.2, 0.25) is 0 Å². The Morgan fingerprint density at radius 3 is 2.52 bits per heavy atom. The smallest absolute Gasteiger partial charge is 0.174 e. The van der Waals surface area contributed by atoms with Crippen LogP contribution in [0.4, 0.5) is 5.82 Å². The average Bonchev–Trinajstić information content (AvgIpc) is 2.90. The van der Waals surface area contributed by atoms with Crippen molar-refractivity contribution in [1.29, 1.82) is 0 Å². The van der Waals surface area contributed by atoms with Crippen LogP contribution in [0.25, 0.3) is 0 Å². The molecule has 2 rings (SSSR count). The number of nitrogens with two attached hydrogens (primary N) is 1. The van der Waals surface area contributed by atoms with Gasteiger partial charge in [-0.2, -0.15) is 5.10 Å². The van der Waals surface area contributed by atoms with Crippen molar-refractivity contribution in [3.05, 3.63) is 16.8 Å². The second kappa shape index (κ2) is 5.50. The molecule has 1 aromatic rings. The fourth-order valence-electron chi connectivity index (χ4n) is 2.83. The second-order valence-electron chi connectivity index (χ2n) is 6.89. The van der Waals surface area contributed by atoms with E-state index in [1.807, 2.05) is 13.8 Å². The van der Waals surface area contributed by atoms with Crippen LogP contribution in [-0.2, 0) is 0 Å². The summed E-state index contributed by atoms with van der Waals surface area (Å²) in [6.07, 6.45) is 1.12. The van der Waals surface area contributed by atoms with E-state index in [-0.39, 0.29) is 11.3 Å². The van der Waals surface area contributed by atoms with Gasteiger partial charge in [0.1, 0.15) is 0 Å². The minimum atomic E-state index is 0.0970. The number of rotatable bonds is 2. The van der Waals surface area contributed by atoms with Crippen LogP contribution in [0.5, 0.6) is 0 Å². The first-order valence-electron chi connectivity index (χ1n) is 7.32. The fourth-order valence-corrected chi connectivity index (χ4v) is 2.83. The molecule has 0 spiro atoms. The standard InChI is InChI=1S/C15H25N5O/c1-9-10(2)17-18-14(12(9)13(16)19-21)20-7-6-11(8-20)15(3,4)5/h11,21H,6-8H2,1-5H3,(H2,16,19). The van der Waals surface area contributed by atoms with Crippen LogP contribution in [0.3, 0.4) is 0 Å². The van der Waals surface area contributed by atoms with E-state index in [9.17, 15) is 0 Å². The van der Waals surface area contributed by atoms with Gasteiger partial charge in [0, 0.05) is 13.1 Å². The molecule has 6 heteroatoms. The predicted molar refractivity (Wildman–Crippen MR) is 83.8 cm³/mol. The predicted octanol–water partition coefficient (Wildman–Crippen LogP) is 2.06. The molecule has 0 amide bonds. The molecule has 0 bridgehead atoms. The van der Waals surface area contributed by atoms with E-state index in [2.05, 4.69) is 41.0 Å². The molecule has 3 N–H and O–H groups in total. The first-order valence-corrected chi connectivity index (χ1v) is 7.32. The van der Waals surface area contributed by atoms with Gasteiger partial charge in [0.05, 0.1) is 11.3 Å². The monoisotopic (exact) mass is 291 g/mol. The number of hydrogen-bond acceptors (Lipinski definition) is 5. The summed E-state index contributed by atoms with van der Waals surface area (Å²) in [7, 11) is 0. The van der Waals surface area contributed by atoms with Crippen LogP contribution in [0, 0.1) is 25.2 Å². The number of aromatic nitrogens is 2. The second-order valence-corrected chi connectivity index (χ2v) is 6.89. The Balaban J connectivity index is 2.40. The fraction of sp³-hybridized carbons (Fsp3) is 0.667. The lowest BCUT2D eigenvalue weighted by Gasteiger charge is -2.27. The Bertz CT molecular complexity index is 562. The van der Waals surface area contributed by atoms with Gasteiger partial charge in [-0.15, -0.1) is 5.10 Å². The van der Waals surface area contributed by atoms with Crippen molar-refractivity contribution in [2.75, 3.05) is 18.0 Å². The van der Waals surface area contributed by atoms with E-state index in [0.717, 1.165) is 36.6 Å². The van der Waals surface area contributed by atoms with E-state index in [1.165, 1.54) is 0 Å². The number of amidine groups is 1. The summed E-state index contributed by atoms with van der Waals surface area (Å²) in [4.78, 5) is 2.20. The van der Waals surface area contributed by atoms with Crippen molar-refractivity contribution in [1.82, 2.24) is 10.2 Å². The molecule has 1 aliphatic rings. The molecule has 0 aliphatic carbocycles. The highest BCUT2D eigenvalue weighted by molar-refractivity contribution is 6.02. The molecular formula is C15H25N5O. The topological polar surface area (TPSA) is 87.6 Å². The van der Waals surface area contributed by atoms with Crippen LogP contribution in [0.1, 0.15) is 44.0 Å². The highest BCUT2D eigenvalue weighted by atomic mass is 16.4. The molecule has 1 aromatic heterocycles. The van der Waals surface area contributed by atoms with Gasteiger partial charge in [0.15, 0.2) is 11.7 Å². The molecule has 0 aromatic carbocycles. The third kappa shape index (κ3) is 2.94. The zero-order valence-electron chi connectivity index (χ0n) is 13.5. The van der Waals surface area contributed by atoms with E-state index < -0.39 is 0 Å². The van der Waals surface area contributed by atoms with Gasteiger partial charge >= 0.3 is 0 Å². The Hall–Kier alpha value is -1.85. The molecule has 1 fully saturated rings. The summed E-state index contributed by atoms with van der Waals surface area (Å²) in [5, 5.41) is 20.7. The molecule has 1 unspecified atom stereocenters. The summed E-state index contributed by atoms with van der Waals surface area (Å²) in [6.45, 7) is 12.4. The van der Waals surface area contributed by atoms with Crippen molar-refractivity contribution in [3.63, 3.8) is 0 Å². The van der Waals surface area contributed by atoms with Crippen molar-refractivity contribution in [3.8, 4) is 0 Å². The van der Waals surface area contributed by atoms with Crippen molar-refractivity contribution < 1.29 is 5.21 Å². The van der Waals surface area contributed by atoms with Crippen LogP contribution < -0.4 is 10.6 Å². The number of hydrogen-bond donors (Lipinski definition) is 2. The van der Waals surface area contributed by atoms with E-state index >= 15 is 0 Å². The van der Waals surface area contributed by atoms with E-state index in [0.29, 0.717) is 11.5 Å². The zero-order valence-corrected chi connectivity index (χ0v) is 13.5. The van der Waals surface area contributed by atoms with Gasteiger partial charge < -0.3 is 15.8 Å². The number of aryl methyl sites for hydroxylation is 1. The summed E-state index contributed by atoms with van der Waals surface area (Å²) in [5.41, 5.74) is 8.52. The van der Waals surface area contributed by atoms with Gasteiger partial charge in [-0.3, -0.25) is 0 Å². The Kier molecular flexibility index (Phi) is 4.07. The van der Waals surface area contributed by atoms with Crippen LogP contribution in [0.15, 0.2) is 5.16 Å². The minimum absolute atomic E-state index is 0.0970. The van der Waals surface area contributed by atoms with Gasteiger partial charge in [0.2, 0.25) is 0 Å². The quantitative estimate of drug-likeness (QED) is 0.377. The Labute approximate surface area is 126 Å². The molecule has 0 saturated carbocycles. The molecule has 1 aliphatic heterocycles. The zero-order chi connectivity index (χ0) is 15.8. The lowest BCUT2D eigenvalue weighted by molar-refractivity contribution is 0.263. The van der Waals surface area contributed by atoms with Gasteiger partial charge in [-0.05, 0) is 37.2 Å². The normalized spacial score (nSPS) is 20.1. The van der Waals surface area contributed by atoms with Gasteiger partial charge in [0.25, 0.3) is 0 Å². The van der Waals surface area contributed by atoms with E-state index in [4.69, 9.17) is 10.9 Å². The van der Waals surface area contributed by atoms with E-state index in [1.54, 1.807) is 0 Å². The van der Waals surface area contributed by atoms with Crippen LogP contribution >= 0.6 is 0 Å². The maximum Gasteiger partial charge on any atom is 0.174 e. The van der Waals surface area contributed by atoms with Crippen molar-refractivity contribution in [2.45, 2.75) is 41.0 Å². The molecule has 1 atom stereocenters. The summed E-state index contributed by atoms with van der Waals surface area (Å²) in [6, 6.07) is 0. The SMILES string of the molecule is Cc1nnc(N2CCC(C(C)(C)C)C2)c(C(N)=NO)c1C. The number of oxime groups is 1. The number of anilines is 1. The summed E-state index contributed by atoms with van der Waals surface area (Å²) >= 11 is 0. The Morgan fingerprint density at radius 1 is 1.33 bits per heavy atom. The summed E-state index contributed by atoms with van der Waals surface area (Å²) < 4.78 is 0. The molecule has 0 radical (unpaired) electrons. The minimum Gasteiger partial charge on any atom is -0.409 e. The highest BCUT2D eigenvalue weighted by Crippen LogP contribution is 2.36. The molecule has 21 heavy (non-hydrogen) atoms. The molecule has 116 valence electrons. The largest absolute Gasteiger partial charge is 0.409 e. The average molecular weight is 291 g/mol. The Morgan fingerprint density at radius 2 is 2.00 bits per heavy atom. The molecule has 2 heterocycles. The third-order valence-electron chi connectivity index (χ3n) is 4.51. The first-order chi connectivity index (χ1) is 9.75. The van der Waals surface area contributed by atoms with Crippen molar-refractivity contribution in [2.24, 2.45) is 22.2 Å². The summed E-state index contributed by atoms with van der Waals surface area (Å²) in [5.74, 6) is 1.42. The third-order valence-corrected chi connectivity index (χ3v) is 4.51. The van der Waals surface area contributed by atoms with Crippen molar-refractivity contribution >= 4 is 11.7 Å². The maximum atomic E-state index is 9.05. The lowest BCUT2D eigenvalue weighted by Crippen LogP contribution is -2.30. The molecule has 6 nitrogen and oxygen atoms in total.